The number of nitro groups is 1. The highest BCUT2D eigenvalue weighted by atomic mass is 35.5. The first-order chi connectivity index (χ1) is 11.1. The first-order valence-electron chi connectivity index (χ1n) is 7.25. The third kappa shape index (κ3) is 3.19. The first kappa shape index (κ1) is 15.5. The van der Waals surface area contributed by atoms with E-state index in [-0.39, 0.29) is 16.5 Å². The number of aryl methyl sites for hydroxylation is 1. The summed E-state index contributed by atoms with van der Waals surface area (Å²) < 4.78 is 5.48. The average molecular weight is 335 g/mol. The minimum Gasteiger partial charge on any atom is -0.463 e. The molecule has 8 heteroatoms. The van der Waals surface area contributed by atoms with Gasteiger partial charge in [-0.3, -0.25) is 10.1 Å². The van der Waals surface area contributed by atoms with E-state index in [1.807, 2.05) is 6.07 Å². The van der Waals surface area contributed by atoms with E-state index in [0.29, 0.717) is 11.6 Å². The molecule has 23 heavy (non-hydrogen) atoms. The molecule has 0 saturated carbocycles. The maximum atomic E-state index is 11.3. The van der Waals surface area contributed by atoms with Gasteiger partial charge >= 0.3 is 5.69 Å². The SMILES string of the molecule is Cc1nc(Cl)c([N+](=O)[O-])c(/C=C(/c2ccco2)N2CCCC2)n1. The highest BCUT2D eigenvalue weighted by molar-refractivity contribution is 6.31. The maximum Gasteiger partial charge on any atom is 0.331 e. The van der Waals surface area contributed by atoms with Crippen LogP contribution in [0, 0.1) is 17.0 Å². The smallest absolute Gasteiger partial charge is 0.331 e. The van der Waals surface area contributed by atoms with Gasteiger partial charge in [0.1, 0.15) is 17.3 Å². The summed E-state index contributed by atoms with van der Waals surface area (Å²) in [4.78, 5) is 21.0. The summed E-state index contributed by atoms with van der Waals surface area (Å²) in [5.41, 5.74) is 0.663. The van der Waals surface area contributed by atoms with Crippen LogP contribution in [0.3, 0.4) is 0 Å². The fourth-order valence-electron chi connectivity index (χ4n) is 2.65. The molecular formula is C15H15ClN4O3. The van der Waals surface area contributed by atoms with Gasteiger partial charge < -0.3 is 9.32 Å². The zero-order valence-electron chi connectivity index (χ0n) is 12.5. The van der Waals surface area contributed by atoms with Crippen molar-refractivity contribution in [2.45, 2.75) is 19.8 Å². The Balaban J connectivity index is 2.14. The molecule has 0 N–H and O–H groups in total. The Bertz CT molecular complexity index is 752. The molecule has 1 fully saturated rings. The van der Waals surface area contributed by atoms with Crippen LogP contribution >= 0.6 is 11.6 Å². The molecule has 120 valence electrons. The molecule has 0 amide bonds. The number of nitrogens with zero attached hydrogens (tertiary/aromatic N) is 4. The van der Waals surface area contributed by atoms with Crippen LogP contribution in [0.2, 0.25) is 5.15 Å². The summed E-state index contributed by atoms with van der Waals surface area (Å²) in [5.74, 6) is 1.03. The molecule has 0 atom stereocenters. The number of hydrogen-bond donors (Lipinski definition) is 0. The van der Waals surface area contributed by atoms with Crippen molar-refractivity contribution in [2.24, 2.45) is 0 Å². The molecule has 7 nitrogen and oxygen atoms in total. The zero-order chi connectivity index (χ0) is 16.4. The summed E-state index contributed by atoms with van der Waals surface area (Å²) in [5, 5.41) is 11.2. The lowest BCUT2D eigenvalue weighted by atomic mass is 10.2. The number of aromatic nitrogens is 2. The van der Waals surface area contributed by atoms with Crippen molar-refractivity contribution in [3.8, 4) is 0 Å². The molecule has 3 heterocycles. The molecule has 1 aliphatic heterocycles. The third-order valence-corrected chi connectivity index (χ3v) is 3.92. The van der Waals surface area contributed by atoms with Gasteiger partial charge in [-0.2, -0.15) is 0 Å². The van der Waals surface area contributed by atoms with Crippen LogP contribution in [-0.2, 0) is 0 Å². The molecule has 0 radical (unpaired) electrons. The van der Waals surface area contributed by atoms with Gasteiger partial charge in [-0.25, -0.2) is 9.97 Å². The van der Waals surface area contributed by atoms with Crippen LogP contribution < -0.4 is 0 Å². The second-order valence-electron chi connectivity index (χ2n) is 5.25. The number of likely N-dealkylation sites (tertiary alicyclic amines) is 1. The Morgan fingerprint density at radius 3 is 2.78 bits per heavy atom. The third-order valence-electron chi connectivity index (χ3n) is 3.66. The van der Waals surface area contributed by atoms with Gasteiger partial charge in [0.2, 0.25) is 5.15 Å². The molecule has 2 aromatic heterocycles. The van der Waals surface area contributed by atoms with Gasteiger partial charge in [0.15, 0.2) is 0 Å². The zero-order valence-corrected chi connectivity index (χ0v) is 13.3. The fraction of sp³-hybridized carbons (Fsp3) is 0.333. The molecule has 0 spiro atoms. The monoisotopic (exact) mass is 334 g/mol. The normalized spacial score (nSPS) is 15.2. The van der Waals surface area contributed by atoms with Crippen molar-refractivity contribution in [3.63, 3.8) is 0 Å². The van der Waals surface area contributed by atoms with Crippen molar-refractivity contribution in [3.05, 3.63) is 50.9 Å². The summed E-state index contributed by atoms with van der Waals surface area (Å²) >= 11 is 5.94. The number of rotatable bonds is 4. The van der Waals surface area contributed by atoms with E-state index in [4.69, 9.17) is 16.0 Å². The summed E-state index contributed by atoms with van der Waals surface area (Å²) in [6, 6.07) is 3.61. The summed E-state index contributed by atoms with van der Waals surface area (Å²) in [6.45, 7) is 3.39. The van der Waals surface area contributed by atoms with Gasteiger partial charge in [-0.15, -0.1) is 0 Å². The number of hydrogen-bond acceptors (Lipinski definition) is 6. The van der Waals surface area contributed by atoms with Crippen LogP contribution in [-0.4, -0.2) is 32.9 Å². The summed E-state index contributed by atoms with van der Waals surface area (Å²) in [6.07, 6.45) is 5.38. The van der Waals surface area contributed by atoms with Gasteiger partial charge in [-0.1, -0.05) is 11.6 Å². The summed E-state index contributed by atoms with van der Waals surface area (Å²) in [7, 11) is 0. The van der Waals surface area contributed by atoms with E-state index in [1.54, 1.807) is 25.3 Å². The second-order valence-corrected chi connectivity index (χ2v) is 5.61. The molecule has 2 aromatic rings. The van der Waals surface area contributed by atoms with E-state index < -0.39 is 4.92 Å². The molecule has 0 bridgehead atoms. The predicted octanol–water partition coefficient (Wildman–Crippen LogP) is 3.53. The Morgan fingerprint density at radius 2 is 2.17 bits per heavy atom. The van der Waals surface area contributed by atoms with Crippen molar-refractivity contribution in [1.29, 1.82) is 0 Å². The van der Waals surface area contributed by atoms with Gasteiger partial charge in [0.05, 0.1) is 16.9 Å². The van der Waals surface area contributed by atoms with Crippen LogP contribution in [0.1, 0.15) is 30.1 Å². The minimum atomic E-state index is -0.558. The minimum absolute atomic E-state index is 0.158. The van der Waals surface area contributed by atoms with Crippen molar-refractivity contribution in [1.82, 2.24) is 14.9 Å². The van der Waals surface area contributed by atoms with Crippen LogP contribution in [0.5, 0.6) is 0 Å². The van der Waals surface area contributed by atoms with Crippen LogP contribution in [0.25, 0.3) is 11.8 Å². The molecule has 1 saturated heterocycles. The first-order valence-corrected chi connectivity index (χ1v) is 7.63. The Kier molecular flexibility index (Phi) is 4.29. The molecule has 1 aliphatic rings. The fourth-order valence-corrected chi connectivity index (χ4v) is 2.94. The van der Waals surface area contributed by atoms with Crippen molar-refractivity contribution < 1.29 is 9.34 Å². The Morgan fingerprint density at radius 1 is 1.43 bits per heavy atom. The lowest BCUT2D eigenvalue weighted by molar-refractivity contribution is -0.385. The number of halogens is 1. The van der Waals surface area contributed by atoms with Gasteiger partial charge in [-0.05, 0) is 38.0 Å². The van der Waals surface area contributed by atoms with Crippen molar-refractivity contribution >= 4 is 29.1 Å². The standard InChI is InChI=1S/C15H15ClN4O3/c1-10-17-11(14(20(21)22)15(16)18-10)9-12(13-5-4-8-23-13)19-6-2-3-7-19/h4-5,8-9H,2-3,6-7H2,1H3/b12-9-. The van der Waals surface area contributed by atoms with Crippen LogP contribution in [0.15, 0.2) is 22.8 Å². The lowest BCUT2D eigenvalue weighted by Gasteiger charge is -2.19. The lowest BCUT2D eigenvalue weighted by Crippen LogP contribution is -2.17. The van der Waals surface area contributed by atoms with E-state index in [0.717, 1.165) is 31.6 Å². The highest BCUT2D eigenvalue weighted by Crippen LogP contribution is 2.31. The van der Waals surface area contributed by atoms with Crippen molar-refractivity contribution in [2.75, 3.05) is 13.1 Å². The maximum absolute atomic E-state index is 11.3. The molecule has 0 unspecified atom stereocenters. The van der Waals surface area contributed by atoms with E-state index in [2.05, 4.69) is 14.9 Å². The second kappa shape index (κ2) is 6.37. The van der Waals surface area contributed by atoms with E-state index >= 15 is 0 Å². The molecule has 0 aliphatic carbocycles. The topological polar surface area (TPSA) is 85.3 Å². The number of furan rings is 1. The predicted molar refractivity (Wildman–Crippen MR) is 85.8 cm³/mol. The molecule has 3 rings (SSSR count). The Hall–Kier alpha value is -2.41. The quantitative estimate of drug-likeness (QED) is 0.483. The molecule has 0 aromatic carbocycles. The van der Waals surface area contributed by atoms with Gasteiger partial charge in [0.25, 0.3) is 0 Å². The largest absolute Gasteiger partial charge is 0.463 e. The average Bonchev–Trinajstić information content (AvgIpc) is 3.17. The van der Waals surface area contributed by atoms with E-state index in [1.165, 1.54) is 0 Å². The Labute approximate surface area is 137 Å². The van der Waals surface area contributed by atoms with Crippen LogP contribution in [0.4, 0.5) is 5.69 Å². The molecular weight excluding hydrogens is 320 g/mol. The van der Waals surface area contributed by atoms with Gasteiger partial charge in [0, 0.05) is 13.1 Å². The van der Waals surface area contributed by atoms with E-state index in [9.17, 15) is 10.1 Å². The highest BCUT2D eigenvalue weighted by Gasteiger charge is 2.25.